The molecule has 2 aromatic rings. The second kappa shape index (κ2) is 8.09. The number of rotatable bonds is 7. The zero-order valence-corrected chi connectivity index (χ0v) is 12.7. The molecule has 0 saturated heterocycles. The number of hydrogen-bond acceptors (Lipinski definition) is 4. The van der Waals surface area contributed by atoms with E-state index >= 15 is 0 Å². The molecule has 2 amide bonds. The van der Waals surface area contributed by atoms with Crippen LogP contribution in [0.2, 0.25) is 0 Å². The number of nitrogens with two attached hydrogens (primary N) is 1. The lowest BCUT2D eigenvalue weighted by Gasteiger charge is -2.07. The minimum absolute atomic E-state index is 0.0142. The number of aromatic amines is 1. The van der Waals surface area contributed by atoms with Crippen molar-refractivity contribution in [2.45, 2.75) is 12.8 Å². The third-order valence-electron chi connectivity index (χ3n) is 3.40. The molecule has 1 heterocycles. The average Bonchev–Trinajstić information content (AvgIpc) is 2.57. The van der Waals surface area contributed by atoms with E-state index in [2.05, 4.69) is 15.6 Å². The zero-order chi connectivity index (χ0) is 16.7. The van der Waals surface area contributed by atoms with Crippen molar-refractivity contribution in [2.24, 2.45) is 5.73 Å². The molecule has 5 N–H and O–H groups in total. The van der Waals surface area contributed by atoms with Crippen molar-refractivity contribution in [3.8, 4) is 0 Å². The average molecular weight is 316 g/mol. The van der Waals surface area contributed by atoms with Gasteiger partial charge in [0.25, 0.3) is 5.91 Å². The summed E-state index contributed by atoms with van der Waals surface area (Å²) in [4.78, 5) is 38.8. The van der Waals surface area contributed by atoms with Crippen LogP contribution in [0.5, 0.6) is 0 Å². The number of hydrogen-bond donors (Lipinski definition) is 4. The molecule has 2 rings (SSSR count). The van der Waals surface area contributed by atoms with Gasteiger partial charge in [-0.15, -0.1) is 0 Å². The van der Waals surface area contributed by atoms with Crippen LogP contribution in [0.1, 0.15) is 23.2 Å². The number of amides is 2. The predicted molar refractivity (Wildman–Crippen MR) is 88.2 cm³/mol. The van der Waals surface area contributed by atoms with Gasteiger partial charge < -0.3 is 21.4 Å². The zero-order valence-electron chi connectivity index (χ0n) is 12.7. The molecule has 0 saturated carbocycles. The fourth-order valence-corrected chi connectivity index (χ4v) is 2.15. The van der Waals surface area contributed by atoms with Crippen LogP contribution >= 0.6 is 0 Å². The van der Waals surface area contributed by atoms with E-state index in [-0.39, 0.29) is 23.4 Å². The van der Waals surface area contributed by atoms with Gasteiger partial charge in [-0.25, -0.2) is 0 Å². The Morgan fingerprint density at radius 1 is 1.13 bits per heavy atom. The Morgan fingerprint density at radius 2 is 1.91 bits per heavy atom. The van der Waals surface area contributed by atoms with Gasteiger partial charge in [0.05, 0.1) is 6.54 Å². The Morgan fingerprint density at radius 3 is 2.70 bits per heavy atom. The van der Waals surface area contributed by atoms with E-state index in [9.17, 15) is 14.4 Å². The monoisotopic (exact) mass is 316 g/mol. The molecule has 1 aromatic heterocycles. The Labute approximate surface area is 133 Å². The molecule has 23 heavy (non-hydrogen) atoms. The van der Waals surface area contributed by atoms with E-state index in [0.717, 1.165) is 12.8 Å². The molecule has 0 aliphatic carbocycles. The molecular formula is C16H20N4O3. The fraction of sp³-hybridized carbons (Fsp3) is 0.312. The predicted octanol–water partition coefficient (Wildman–Crippen LogP) is 0.113. The lowest BCUT2D eigenvalue weighted by atomic mass is 10.1. The summed E-state index contributed by atoms with van der Waals surface area (Å²) < 4.78 is 0. The van der Waals surface area contributed by atoms with E-state index < -0.39 is 5.91 Å². The number of carbonyl (C=O) groups is 2. The maximum Gasteiger partial charge on any atom is 0.257 e. The largest absolute Gasteiger partial charge is 0.360 e. The first-order valence-corrected chi connectivity index (χ1v) is 7.49. The SMILES string of the molecule is NCCCCNC(=O)CNC(=O)c1c[nH]c2ccccc2c1=O. The van der Waals surface area contributed by atoms with Crippen LogP contribution in [0, 0.1) is 0 Å². The van der Waals surface area contributed by atoms with Gasteiger partial charge in [-0.05, 0) is 31.5 Å². The number of benzene rings is 1. The Bertz CT molecular complexity index is 754. The van der Waals surface area contributed by atoms with Crippen molar-refractivity contribution in [3.05, 3.63) is 46.2 Å². The van der Waals surface area contributed by atoms with Crippen LogP contribution in [-0.4, -0.2) is 36.4 Å². The third kappa shape index (κ3) is 4.40. The van der Waals surface area contributed by atoms with Crippen LogP contribution < -0.4 is 21.8 Å². The molecule has 0 atom stereocenters. The van der Waals surface area contributed by atoms with E-state index in [1.54, 1.807) is 24.3 Å². The van der Waals surface area contributed by atoms with E-state index in [1.807, 2.05) is 0 Å². The Balaban J connectivity index is 1.95. The standard InChI is InChI=1S/C16H20N4O3/c17-7-3-4-8-18-14(21)10-20-16(23)12-9-19-13-6-2-1-5-11(13)15(12)22/h1-2,5-6,9H,3-4,7-8,10,17H2,(H,18,21)(H,19,22)(H,20,23). The van der Waals surface area contributed by atoms with Crippen LogP contribution in [0.3, 0.4) is 0 Å². The Hall–Kier alpha value is -2.67. The number of para-hydroxylation sites is 1. The molecule has 7 nitrogen and oxygen atoms in total. The maximum atomic E-state index is 12.3. The van der Waals surface area contributed by atoms with Gasteiger partial charge in [-0.1, -0.05) is 12.1 Å². The molecule has 0 spiro atoms. The smallest absolute Gasteiger partial charge is 0.257 e. The summed E-state index contributed by atoms with van der Waals surface area (Å²) in [6, 6.07) is 6.93. The number of H-pyrrole nitrogens is 1. The highest BCUT2D eigenvalue weighted by atomic mass is 16.2. The first-order valence-electron chi connectivity index (χ1n) is 7.49. The summed E-state index contributed by atoms with van der Waals surface area (Å²) in [5.74, 6) is -0.873. The summed E-state index contributed by atoms with van der Waals surface area (Å²) in [7, 11) is 0. The highest BCUT2D eigenvalue weighted by Crippen LogP contribution is 2.06. The van der Waals surface area contributed by atoms with E-state index in [4.69, 9.17) is 5.73 Å². The molecule has 0 unspecified atom stereocenters. The van der Waals surface area contributed by atoms with Crippen molar-refractivity contribution in [2.75, 3.05) is 19.6 Å². The fourth-order valence-electron chi connectivity index (χ4n) is 2.15. The Kier molecular flexibility index (Phi) is 5.87. The summed E-state index contributed by atoms with van der Waals surface area (Å²) in [5.41, 5.74) is 5.64. The minimum Gasteiger partial charge on any atom is -0.360 e. The van der Waals surface area contributed by atoms with Gasteiger partial charge in [-0.2, -0.15) is 0 Å². The molecule has 0 aliphatic rings. The first kappa shape index (κ1) is 16.7. The van der Waals surface area contributed by atoms with Crippen molar-refractivity contribution in [3.63, 3.8) is 0 Å². The second-order valence-corrected chi connectivity index (χ2v) is 5.11. The van der Waals surface area contributed by atoms with Crippen molar-refractivity contribution in [1.82, 2.24) is 15.6 Å². The lowest BCUT2D eigenvalue weighted by Crippen LogP contribution is -2.38. The van der Waals surface area contributed by atoms with E-state index in [0.29, 0.717) is 24.0 Å². The molecule has 7 heteroatoms. The lowest BCUT2D eigenvalue weighted by molar-refractivity contribution is -0.120. The quantitative estimate of drug-likeness (QED) is 0.542. The van der Waals surface area contributed by atoms with Crippen molar-refractivity contribution >= 4 is 22.7 Å². The summed E-state index contributed by atoms with van der Waals surface area (Å²) in [6.45, 7) is 0.924. The molecule has 122 valence electrons. The third-order valence-corrected chi connectivity index (χ3v) is 3.40. The summed E-state index contributed by atoms with van der Waals surface area (Å²) in [5, 5.41) is 5.56. The molecular weight excluding hydrogens is 296 g/mol. The number of aromatic nitrogens is 1. The van der Waals surface area contributed by atoms with E-state index in [1.165, 1.54) is 6.20 Å². The highest BCUT2D eigenvalue weighted by molar-refractivity contribution is 5.98. The number of pyridine rings is 1. The van der Waals surface area contributed by atoms with Gasteiger partial charge in [0.15, 0.2) is 0 Å². The van der Waals surface area contributed by atoms with Crippen LogP contribution in [0.15, 0.2) is 35.3 Å². The van der Waals surface area contributed by atoms with Crippen LogP contribution in [0.25, 0.3) is 10.9 Å². The first-order chi connectivity index (χ1) is 11.1. The number of fused-ring (bicyclic) bond motifs is 1. The van der Waals surface area contributed by atoms with Gasteiger partial charge in [0.1, 0.15) is 5.56 Å². The maximum absolute atomic E-state index is 12.3. The van der Waals surface area contributed by atoms with Crippen molar-refractivity contribution < 1.29 is 9.59 Å². The van der Waals surface area contributed by atoms with Gasteiger partial charge in [-0.3, -0.25) is 14.4 Å². The normalized spacial score (nSPS) is 10.5. The van der Waals surface area contributed by atoms with Crippen LogP contribution in [0.4, 0.5) is 0 Å². The number of unbranched alkanes of at least 4 members (excludes halogenated alkanes) is 1. The van der Waals surface area contributed by atoms with Crippen molar-refractivity contribution in [1.29, 1.82) is 0 Å². The number of nitrogens with one attached hydrogen (secondary N) is 3. The highest BCUT2D eigenvalue weighted by Gasteiger charge is 2.13. The van der Waals surface area contributed by atoms with Gasteiger partial charge in [0, 0.05) is 23.6 Å². The summed E-state index contributed by atoms with van der Waals surface area (Å²) >= 11 is 0. The van der Waals surface area contributed by atoms with Gasteiger partial charge in [0.2, 0.25) is 11.3 Å². The minimum atomic E-state index is -0.575. The van der Waals surface area contributed by atoms with Crippen LogP contribution in [-0.2, 0) is 4.79 Å². The second-order valence-electron chi connectivity index (χ2n) is 5.11. The summed E-state index contributed by atoms with van der Waals surface area (Å²) in [6.07, 6.45) is 2.98. The molecule has 0 aliphatic heterocycles. The topological polar surface area (TPSA) is 117 Å². The van der Waals surface area contributed by atoms with Gasteiger partial charge >= 0.3 is 0 Å². The molecule has 0 bridgehead atoms. The molecule has 1 aromatic carbocycles. The molecule has 0 fully saturated rings. The molecule has 0 radical (unpaired) electrons. The number of carbonyl (C=O) groups excluding carboxylic acids is 2.